The zero-order valence-corrected chi connectivity index (χ0v) is 7.86. The zero-order chi connectivity index (χ0) is 10.6. The second kappa shape index (κ2) is 4.66. The Morgan fingerprint density at radius 3 is 2.43 bits per heavy atom. The van der Waals surface area contributed by atoms with Crippen LogP contribution in [0.2, 0.25) is 0 Å². The average molecular weight is 197 g/mol. The molecule has 0 aromatic heterocycles. The Labute approximate surface area is 81.3 Å². The van der Waals surface area contributed by atoms with Crippen LogP contribution < -0.4 is 0 Å². The van der Waals surface area contributed by atoms with Gasteiger partial charge in [-0.15, -0.1) is 0 Å². The van der Waals surface area contributed by atoms with Crippen LogP contribution >= 0.6 is 0 Å². The van der Waals surface area contributed by atoms with E-state index in [2.05, 4.69) is 0 Å². The van der Waals surface area contributed by atoms with Crippen molar-refractivity contribution in [1.82, 2.24) is 4.90 Å². The molecule has 0 aliphatic carbocycles. The van der Waals surface area contributed by atoms with E-state index in [1.54, 1.807) is 0 Å². The molecule has 0 bridgehead atoms. The Bertz CT molecular complexity index is 277. The first kappa shape index (κ1) is 10.6. The van der Waals surface area contributed by atoms with Gasteiger partial charge in [-0.25, -0.2) is 0 Å². The van der Waals surface area contributed by atoms with E-state index in [0.717, 1.165) is 4.90 Å². The van der Waals surface area contributed by atoms with Gasteiger partial charge in [0.1, 0.15) is 6.61 Å². The molecule has 0 saturated heterocycles. The Balaban J connectivity index is 2.22. The fourth-order valence-electron chi connectivity index (χ4n) is 1.02. The van der Waals surface area contributed by atoms with E-state index in [1.165, 1.54) is 19.1 Å². The van der Waals surface area contributed by atoms with Gasteiger partial charge in [0.05, 0.1) is 13.2 Å². The number of hydrogen-bond donors (Lipinski definition) is 0. The molecular formula is C9H11NO4. The third-order valence-corrected chi connectivity index (χ3v) is 1.67. The molecule has 1 aliphatic rings. The molecule has 2 amide bonds. The number of Topliss-reactive ketones (excluding diaryl/α,β-unsaturated/α-hetero) is 1. The van der Waals surface area contributed by atoms with Gasteiger partial charge in [0.2, 0.25) is 0 Å². The lowest BCUT2D eigenvalue weighted by molar-refractivity contribution is -0.137. The largest absolute Gasteiger partial charge is 0.372 e. The van der Waals surface area contributed by atoms with Crippen molar-refractivity contribution in [2.75, 3.05) is 19.8 Å². The van der Waals surface area contributed by atoms with Crippen LogP contribution in [0.1, 0.15) is 6.92 Å². The van der Waals surface area contributed by atoms with Gasteiger partial charge in [-0.1, -0.05) is 0 Å². The number of nitrogens with zero attached hydrogens (tertiary/aromatic N) is 1. The van der Waals surface area contributed by atoms with Crippen LogP contribution in [0.3, 0.4) is 0 Å². The van der Waals surface area contributed by atoms with Gasteiger partial charge in [-0.2, -0.15) is 0 Å². The van der Waals surface area contributed by atoms with E-state index >= 15 is 0 Å². The van der Waals surface area contributed by atoms with Crippen molar-refractivity contribution in [3.63, 3.8) is 0 Å². The minimum absolute atomic E-state index is 0.0175. The van der Waals surface area contributed by atoms with Crippen LogP contribution in [-0.4, -0.2) is 42.3 Å². The van der Waals surface area contributed by atoms with E-state index in [0.29, 0.717) is 0 Å². The lowest BCUT2D eigenvalue weighted by atomic mass is 10.5. The topological polar surface area (TPSA) is 63.7 Å². The molecule has 0 unspecified atom stereocenters. The molecule has 0 spiro atoms. The minimum atomic E-state index is -0.332. The Kier molecular flexibility index (Phi) is 3.53. The van der Waals surface area contributed by atoms with E-state index < -0.39 is 0 Å². The lowest BCUT2D eigenvalue weighted by Crippen LogP contribution is -2.33. The number of rotatable bonds is 5. The molecule has 1 aliphatic heterocycles. The second-order valence-corrected chi connectivity index (χ2v) is 2.92. The first-order chi connectivity index (χ1) is 6.61. The number of ketones is 1. The third kappa shape index (κ3) is 2.77. The van der Waals surface area contributed by atoms with Gasteiger partial charge in [0.15, 0.2) is 5.78 Å². The maximum Gasteiger partial charge on any atom is 0.253 e. The molecule has 0 aromatic carbocycles. The number of carbonyl (C=O) groups is 3. The van der Waals surface area contributed by atoms with Crippen LogP contribution in [0.4, 0.5) is 0 Å². The summed E-state index contributed by atoms with van der Waals surface area (Å²) >= 11 is 0. The highest BCUT2D eigenvalue weighted by Gasteiger charge is 2.22. The summed E-state index contributed by atoms with van der Waals surface area (Å²) in [4.78, 5) is 33.6. The first-order valence-electron chi connectivity index (χ1n) is 4.22. The number of ether oxygens (including phenoxy) is 1. The molecule has 0 atom stereocenters. The Morgan fingerprint density at radius 2 is 1.93 bits per heavy atom. The summed E-state index contributed by atoms with van der Waals surface area (Å²) in [6, 6.07) is 0. The zero-order valence-electron chi connectivity index (χ0n) is 7.86. The molecule has 1 rings (SSSR count). The summed E-state index contributed by atoms with van der Waals surface area (Å²) in [5, 5.41) is 0. The summed E-state index contributed by atoms with van der Waals surface area (Å²) in [6.45, 7) is 1.81. The van der Waals surface area contributed by atoms with E-state index in [1.807, 2.05) is 0 Å². The van der Waals surface area contributed by atoms with Crippen molar-refractivity contribution < 1.29 is 19.1 Å². The van der Waals surface area contributed by atoms with Gasteiger partial charge in [0, 0.05) is 12.2 Å². The highest BCUT2D eigenvalue weighted by atomic mass is 16.5. The summed E-state index contributed by atoms with van der Waals surface area (Å²) in [5.41, 5.74) is 0. The fraction of sp³-hybridized carbons (Fsp3) is 0.444. The van der Waals surface area contributed by atoms with Crippen molar-refractivity contribution in [1.29, 1.82) is 0 Å². The third-order valence-electron chi connectivity index (χ3n) is 1.67. The number of amides is 2. The summed E-state index contributed by atoms with van der Waals surface area (Å²) in [5.74, 6) is -0.745. The van der Waals surface area contributed by atoms with Crippen molar-refractivity contribution in [2.24, 2.45) is 0 Å². The first-order valence-corrected chi connectivity index (χ1v) is 4.22. The predicted octanol–water partition coefficient (Wildman–Crippen LogP) is -0.483. The number of imide groups is 1. The molecule has 5 nitrogen and oxygen atoms in total. The molecule has 0 saturated carbocycles. The van der Waals surface area contributed by atoms with Crippen LogP contribution in [0.15, 0.2) is 12.2 Å². The highest BCUT2D eigenvalue weighted by molar-refractivity contribution is 6.12. The molecule has 0 aromatic rings. The number of carbonyl (C=O) groups excluding carboxylic acids is 3. The van der Waals surface area contributed by atoms with E-state index in [4.69, 9.17) is 4.74 Å². The van der Waals surface area contributed by atoms with Crippen molar-refractivity contribution in [2.45, 2.75) is 6.92 Å². The van der Waals surface area contributed by atoms with Gasteiger partial charge in [-0.3, -0.25) is 19.3 Å². The normalized spacial score (nSPS) is 15.4. The summed E-state index contributed by atoms with van der Waals surface area (Å²) in [7, 11) is 0. The lowest BCUT2D eigenvalue weighted by Gasteiger charge is -2.12. The predicted molar refractivity (Wildman–Crippen MR) is 47.4 cm³/mol. The maximum atomic E-state index is 11.0. The average Bonchev–Trinajstić information content (AvgIpc) is 2.42. The van der Waals surface area contributed by atoms with Crippen LogP contribution in [0, 0.1) is 0 Å². The highest BCUT2D eigenvalue weighted by Crippen LogP contribution is 2.02. The van der Waals surface area contributed by atoms with Gasteiger partial charge >= 0.3 is 0 Å². The Hall–Kier alpha value is -1.49. The molecule has 0 N–H and O–H groups in total. The second-order valence-electron chi connectivity index (χ2n) is 2.92. The molecule has 0 fully saturated rings. The Morgan fingerprint density at radius 1 is 1.36 bits per heavy atom. The van der Waals surface area contributed by atoms with Crippen molar-refractivity contribution in [3.05, 3.63) is 12.2 Å². The standard InChI is InChI=1S/C9H11NO4/c1-7(11)6-14-5-4-10-8(12)2-3-9(10)13/h2-3H,4-6H2,1H3. The minimum Gasteiger partial charge on any atom is -0.372 e. The van der Waals surface area contributed by atoms with Gasteiger partial charge in [0.25, 0.3) is 11.8 Å². The molecule has 14 heavy (non-hydrogen) atoms. The molecule has 0 radical (unpaired) electrons. The van der Waals surface area contributed by atoms with Gasteiger partial charge in [-0.05, 0) is 6.92 Å². The fourth-order valence-corrected chi connectivity index (χ4v) is 1.02. The van der Waals surface area contributed by atoms with Gasteiger partial charge < -0.3 is 4.74 Å². The number of hydrogen-bond acceptors (Lipinski definition) is 4. The van der Waals surface area contributed by atoms with E-state index in [9.17, 15) is 14.4 Å². The van der Waals surface area contributed by atoms with Crippen LogP contribution in [0.25, 0.3) is 0 Å². The smallest absolute Gasteiger partial charge is 0.253 e. The molecule has 1 heterocycles. The summed E-state index contributed by atoms with van der Waals surface area (Å²) < 4.78 is 4.93. The van der Waals surface area contributed by atoms with Crippen LogP contribution in [-0.2, 0) is 19.1 Å². The van der Waals surface area contributed by atoms with Crippen molar-refractivity contribution >= 4 is 17.6 Å². The molecule has 5 heteroatoms. The quantitative estimate of drug-likeness (QED) is 0.441. The van der Waals surface area contributed by atoms with Crippen molar-refractivity contribution in [3.8, 4) is 0 Å². The summed E-state index contributed by atoms with van der Waals surface area (Å²) in [6.07, 6.45) is 2.43. The van der Waals surface area contributed by atoms with Crippen LogP contribution in [0.5, 0.6) is 0 Å². The molecular weight excluding hydrogens is 186 g/mol. The van der Waals surface area contributed by atoms with E-state index in [-0.39, 0.29) is 37.4 Å². The monoisotopic (exact) mass is 197 g/mol. The molecule has 76 valence electrons. The SMILES string of the molecule is CC(=O)COCCN1C(=O)C=CC1=O. The maximum absolute atomic E-state index is 11.0.